The molecule has 1 aromatic heterocycles. The lowest BCUT2D eigenvalue weighted by atomic mass is 10.1. The van der Waals surface area contributed by atoms with Crippen LogP contribution < -0.4 is 5.32 Å². The Labute approximate surface area is 107 Å². The molecule has 1 N–H and O–H groups in total. The summed E-state index contributed by atoms with van der Waals surface area (Å²) in [6.45, 7) is 2.03. The van der Waals surface area contributed by atoms with E-state index < -0.39 is 12.0 Å². The van der Waals surface area contributed by atoms with Crippen molar-refractivity contribution in [1.82, 2.24) is 10.3 Å². The molecule has 0 aromatic carbocycles. The van der Waals surface area contributed by atoms with E-state index in [-0.39, 0.29) is 5.91 Å². The second-order valence-corrected chi connectivity index (χ2v) is 3.93. The summed E-state index contributed by atoms with van der Waals surface area (Å²) in [6, 6.07) is 2.73. The number of ether oxygens (including phenoxy) is 1. The predicted octanol–water partition coefficient (Wildman–Crippen LogP) is 1.54. The highest BCUT2D eigenvalue weighted by Gasteiger charge is 2.21. The summed E-state index contributed by atoms with van der Waals surface area (Å²) in [5, 5.41) is 2.67. The molecule has 1 amide bonds. The minimum atomic E-state index is -0.595. The Hall–Kier alpha value is -1.91. The molecule has 0 aliphatic rings. The van der Waals surface area contributed by atoms with Crippen LogP contribution in [0.5, 0.6) is 0 Å². The largest absolute Gasteiger partial charge is 0.467 e. The lowest BCUT2D eigenvalue weighted by molar-refractivity contribution is -0.143. The van der Waals surface area contributed by atoms with E-state index in [2.05, 4.69) is 15.0 Å². The van der Waals surface area contributed by atoms with Crippen LogP contribution in [0.1, 0.15) is 36.5 Å². The van der Waals surface area contributed by atoms with Crippen LogP contribution in [0.4, 0.5) is 0 Å². The summed E-state index contributed by atoms with van der Waals surface area (Å²) in [5.41, 5.74) is 0.433. The van der Waals surface area contributed by atoms with Crippen LogP contribution in [0, 0.1) is 0 Å². The Morgan fingerprint density at radius 3 is 2.83 bits per heavy atom. The predicted molar refractivity (Wildman–Crippen MR) is 67.0 cm³/mol. The van der Waals surface area contributed by atoms with Crippen LogP contribution in [-0.2, 0) is 9.53 Å². The van der Waals surface area contributed by atoms with Crippen molar-refractivity contribution >= 4 is 11.9 Å². The lowest BCUT2D eigenvalue weighted by Gasteiger charge is -2.15. The maximum atomic E-state index is 11.9. The molecule has 0 saturated carbocycles. The minimum absolute atomic E-state index is 0.311. The molecule has 5 nitrogen and oxygen atoms in total. The van der Waals surface area contributed by atoms with E-state index in [1.165, 1.54) is 13.3 Å². The number of carbonyl (C=O) groups is 2. The maximum absolute atomic E-state index is 11.9. The molecular formula is C13H18N2O3. The fourth-order valence-corrected chi connectivity index (χ4v) is 1.54. The third kappa shape index (κ3) is 4.16. The Morgan fingerprint density at radius 1 is 1.50 bits per heavy atom. The standard InChI is InChI=1S/C13H18N2O3/c1-3-4-7-11(13(17)18-2)15-12(16)10-6-5-8-14-9-10/h5-6,8-9,11H,3-4,7H2,1-2H3,(H,15,16)/t11-/m0/s1. The number of nitrogens with one attached hydrogen (secondary N) is 1. The van der Waals surface area contributed by atoms with Gasteiger partial charge in [-0.1, -0.05) is 19.8 Å². The van der Waals surface area contributed by atoms with Gasteiger partial charge < -0.3 is 10.1 Å². The highest BCUT2D eigenvalue weighted by atomic mass is 16.5. The van der Waals surface area contributed by atoms with Gasteiger partial charge in [0.15, 0.2) is 0 Å². The molecule has 18 heavy (non-hydrogen) atoms. The zero-order chi connectivity index (χ0) is 13.4. The molecule has 1 atom stereocenters. The van der Waals surface area contributed by atoms with Crippen molar-refractivity contribution in [2.45, 2.75) is 32.2 Å². The molecule has 0 aliphatic carbocycles. The molecule has 0 unspecified atom stereocenters. The number of unbranched alkanes of at least 4 members (excludes halogenated alkanes) is 1. The third-order valence-electron chi connectivity index (χ3n) is 2.56. The molecular weight excluding hydrogens is 232 g/mol. The van der Waals surface area contributed by atoms with Crippen molar-refractivity contribution in [1.29, 1.82) is 0 Å². The number of aromatic nitrogens is 1. The normalized spacial score (nSPS) is 11.7. The van der Waals surface area contributed by atoms with E-state index in [0.717, 1.165) is 12.8 Å². The van der Waals surface area contributed by atoms with Gasteiger partial charge in [0, 0.05) is 12.4 Å². The van der Waals surface area contributed by atoms with Gasteiger partial charge in [-0.05, 0) is 18.6 Å². The number of nitrogens with zero attached hydrogens (tertiary/aromatic N) is 1. The average molecular weight is 250 g/mol. The van der Waals surface area contributed by atoms with Crippen LogP contribution in [0.15, 0.2) is 24.5 Å². The van der Waals surface area contributed by atoms with Crippen molar-refractivity contribution in [3.05, 3.63) is 30.1 Å². The monoisotopic (exact) mass is 250 g/mol. The first-order chi connectivity index (χ1) is 8.69. The van der Waals surface area contributed by atoms with Crippen molar-refractivity contribution in [3.63, 3.8) is 0 Å². The zero-order valence-corrected chi connectivity index (χ0v) is 10.7. The summed E-state index contributed by atoms with van der Waals surface area (Å²) in [5.74, 6) is -0.727. The zero-order valence-electron chi connectivity index (χ0n) is 10.7. The topological polar surface area (TPSA) is 68.3 Å². The van der Waals surface area contributed by atoms with Crippen molar-refractivity contribution in [3.8, 4) is 0 Å². The number of hydrogen-bond donors (Lipinski definition) is 1. The van der Waals surface area contributed by atoms with E-state index in [4.69, 9.17) is 0 Å². The van der Waals surface area contributed by atoms with E-state index in [1.54, 1.807) is 18.3 Å². The van der Waals surface area contributed by atoms with Gasteiger partial charge in [0.2, 0.25) is 0 Å². The number of carbonyl (C=O) groups excluding carboxylic acids is 2. The van der Waals surface area contributed by atoms with Gasteiger partial charge in [-0.15, -0.1) is 0 Å². The van der Waals surface area contributed by atoms with Gasteiger partial charge in [0.1, 0.15) is 6.04 Å². The second kappa shape index (κ2) is 7.42. The van der Waals surface area contributed by atoms with Crippen molar-refractivity contribution in [2.75, 3.05) is 7.11 Å². The number of rotatable bonds is 6. The molecule has 0 spiro atoms. The third-order valence-corrected chi connectivity index (χ3v) is 2.56. The summed E-state index contributed by atoms with van der Waals surface area (Å²) in [7, 11) is 1.32. The first-order valence-electron chi connectivity index (χ1n) is 5.97. The number of esters is 1. The van der Waals surface area contributed by atoms with E-state index in [1.807, 2.05) is 6.92 Å². The van der Waals surface area contributed by atoms with Crippen LogP contribution >= 0.6 is 0 Å². The van der Waals surface area contributed by atoms with Crippen LogP contribution in [-0.4, -0.2) is 30.0 Å². The molecule has 0 bridgehead atoms. The Morgan fingerprint density at radius 2 is 2.28 bits per heavy atom. The van der Waals surface area contributed by atoms with Gasteiger partial charge >= 0.3 is 5.97 Å². The molecule has 0 aliphatic heterocycles. The van der Waals surface area contributed by atoms with Crippen LogP contribution in [0.25, 0.3) is 0 Å². The highest BCUT2D eigenvalue weighted by Crippen LogP contribution is 2.04. The highest BCUT2D eigenvalue weighted by molar-refractivity contribution is 5.96. The van der Waals surface area contributed by atoms with Crippen molar-refractivity contribution < 1.29 is 14.3 Å². The number of pyridine rings is 1. The van der Waals surface area contributed by atoms with Gasteiger partial charge in [0.05, 0.1) is 12.7 Å². The minimum Gasteiger partial charge on any atom is -0.467 e. The van der Waals surface area contributed by atoms with Crippen LogP contribution in [0.2, 0.25) is 0 Å². The second-order valence-electron chi connectivity index (χ2n) is 3.93. The molecule has 0 saturated heterocycles. The fourth-order valence-electron chi connectivity index (χ4n) is 1.54. The number of hydrogen-bond acceptors (Lipinski definition) is 4. The molecule has 0 fully saturated rings. The molecule has 5 heteroatoms. The van der Waals surface area contributed by atoms with Gasteiger partial charge in [-0.25, -0.2) is 4.79 Å². The fraction of sp³-hybridized carbons (Fsp3) is 0.462. The van der Waals surface area contributed by atoms with E-state index in [9.17, 15) is 9.59 Å². The van der Waals surface area contributed by atoms with Crippen LogP contribution in [0.3, 0.4) is 0 Å². The average Bonchev–Trinajstić information content (AvgIpc) is 2.43. The SMILES string of the molecule is CCCC[C@H](NC(=O)c1cccnc1)C(=O)OC. The summed E-state index contributed by atoms with van der Waals surface area (Å²) >= 11 is 0. The molecule has 1 rings (SSSR count). The summed E-state index contributed by atoms with van der Waals surface area (Å²) in [6.07, 6.45) is 5.44. The molecule has 1 aromatic rings. The molecule has 1 heterocycles. The van der Waals surface area contributed by atoms with E-state index in [0.29, 0.717) is 12.0 Å². The van der Waals surface area contributed by atoms with E-state index >= 15 is 0 Å². The first-order valence-corrected chi connectivity index (χ1v) is 5.97. The van der Waals surface area contributed by atoms with Gasteiger partial charge in [-0.2, -0.15) is 0 Å². The lowest BCUT2D eigenvalue weighted by Crippen LogP contribution is -2.41. The molecule has 98 valence electrons. The summed E-state index contributed by atoms with van der Waals surface area (Å²) in [4.78, 5) is 27.3. The first kappa shape index (κ1) is 14.2. The molecule has 0 radical (unpaired) electrons. The number of amides is 1. The van der Waals surface area contributed by atoms with Gasteiger partial charge in [0.25, 0.3) is 5.91 Å². The summed E-state index contributed by atoms with van der Waals surface area (Å²) < 4.78 is 4.68. The van der Waals surface area contributed by atoms with Gasteiger partial charge in [-0.3, -0.25) is 9.78 Å². The number of methoxy groups -OCH3 is 1. The Balaban J connectivity index is 2.65. The quantitative estimate of drug-likeness (QED) is 0.778. The van der Waals surface area contributed by atoms with Crippen molar-refractivity contribution in [2.24, 2.45) is 0 Å². The smallest absolute Gasteiger partial charge is 0.328 e. The maximum Gasteiger partial charge on any atom is 0.328 e. The Kier molecular flexibility index (Phi) is 5.84. The Bertz CT molecular complexity index is 392.